The fourth-order valence-corrected chi connectivity index (χ4v) is 3.28. The minimum atomic E-state index is -0.714. The van der Waals surface area contributed by atoms with E-state index in [1.165, 1.54) is 24.3 Å². The molecule has 138 valence electrons. The first-order valence-electron chi connectivity index (χ1n) is 8.33. The summed E-state index contributed by atoms with van der Waals surface area (Å²) in [5.41, 5.74) is 5.37. The molecule has 28 heavy (non-hydrogen) atoms. The van der Waals surface area contributed by atoms with Gasteiger partial charge in [0.15, 0.2) is 0 Å². The molecular formula is C21H14N2O5. The molecule has 4 rings (SSSR count). The number of carbonyl (C=O) groups excluding carboxylic acids is 3. The number of carbonyl (C=O) groups is 3. The van der Waals surface area contributed by atoms with Crippen LogP contribution in [0, 0.1) is 0 Å². The van der Waals surface area contributed by atoms with E-state index < -0.39 is 29.0 Å². The molecule has 1 aliphatic rings. The molecule has 1 amide bonds. The maximum absolute atomic E-state index is 13.1. The van der Waals surface area contributed by atoms with Gasteiger partial charge < -0.3 is 21.3 Å². The van der Waals surface area contributed by atoms with Crippen molar-refractivity contribution in [3.05, 3.63) is 82.4 Å². The Morgan fingerprint density at radius 2 is 1.32 bits per heavy atom. The second-order valence-electron chi connectivity index (χ2n) is 6.28. The molecule has 0 aliphatic heterocycles. The molecule has 0 atom stereocenters. The molecule has 0 radical (unpaired) electrons. The van der Waals surface area contributed by atoms with Gasteiger partial charge in [-0.2, -0.15) is 0 Å². The van der Waals surface area contributed by atoms with Crippen LogP contribution in [0.5, 0.6) is 11.5 Å². The summed E-state index contributed by atoms with van der Waals surface area (Å²) in [5.74, 6) is -2.73. The molecule has 0 spiro atoms. The molecule has 1 aliphatic carbocycles. The summed E-state index contributed by atoms with van der Waals surface area (Å²) in [6.45, 7) is 0. The number of anilines is 2. The molecule has 0 bridgehead atoms. The average molecular weight is 374 g/mol. The van der Waals surface area contributed by atoms with Crippen LogP contribution in [0.1, 0.15) is 42.2 Å². The number of ketones is 2. The number of nitrogens with two attached hydrogens (primary N) is 1. The molecule has 7 heteroatoms. The molecular weight excluding hydrogens is 360 g/mol. The number of nitrogen functional groups attached to an aromatic ring is 1. The minimum Gasteiger partial charge on any atom is -0.507 e. The Hall–Kier alpha value is -4.13. The van der Waals surface area contributed by atoms with E-state index >= 15 is 0 Å². The van der Waals surface area contributed by atoms with Crippen molar-refractivity contribution < 1.29 is 24.6 Å². The van der Waals surface area contributed by atoms with E-state index in [0.29, 0.717) is 5.56 Å². The Labute approximate surface area is 159 Å². The van der Waals surface area contributed by atoms with Crippen molar-refractivity contribution in [1.82, 2.24) is 0 Å². The van der Waals surface area contributed by atoms with Crippen molar-refractivity contribution in [2.45, 2.75) is 0 Å². The quantitative estimate of drug-likeness (QED) is 0.315. The van der Waals surface area contributed by atoms with Gasteiger partial charge in [0.2, 0.25) is 11.6 Å². The van der Waals surface area contributed by atoms with Crippen molar-refractivity contribution in [3.63, 3.8) is 0 Å². The Kier molecular flexibility index (Phi) is 3.85. The molecule has 0 aromatic heterocycles. The first kappa shape index (κ1) is 17.3. The number of phenolic OH excluding ortho intramolecular Hbond substituents is 2. The van der Waals surface area contributed by atoms with Gasteiger partial charge >= 0.3 is 0 Å². The maximum atomic E-state index is 13.1. The van der Waals surface area contributed by atoms with Gasteiger partial charge in [0, 0.05) is 11.3 Å². The van der Waals surface area contributed by atoms with Gasteiger partial charge in [0.05, 0.1) is 27.9 Å². The number of amides is 1. The Balaban J connectivity index is 1.88. The largest absolute Gasteiger partial charge is 0.507 e. The van der Waals surface area contributed by atoms with Crippen LogP contribution >= 0.6 is 0 Å². The zero-order chi connectivity index (χ0) is 20.0. The summed E-state index contributed by atoms with van der Waals surface area (Å²) in [4.78, 5) is 38.5. The number of aromatic hydroxyl groups is 2. The molecule has 0 saturated heterocycles. The summed E-state index contributed by atoms with van der Waals surface area (Å²) < 4.78 is 0. The van der Waals surface area contributed by atoms with E-state index in [-0.39, 0.29) is 33.6 Å². The Morgan fingerprint density at radius 1 is 0.750 bits per heavy atom. The molecule has 0 unspecified atom stereocenters. The van der Waals surface area contributed by atoms with Crippen LogP contribution in [-0.4, -0.2) is 27.7 Å². The van der Waals surface area contributed by atoms with E-state index in [1.54, 1.807) is 30.3 Å². The SMILES string of the molecule is Nc1ccc(O)c2c1C(=O)c1c(O)ccc(NC(=O)c3ccccc3)c1C2=O. The number of fused-ring (bicyclic) bond motifs is 2. The minimum absolute atomic E-state index is 0.00919. The highest BCUT2D eigenvalue weighted by Crippen LogP contribution is 2.41. The monoisotopic (exact) mass is 374 g/mol. The summed E-state index contributed by atoms with van der Waals surface area (Å²) in [5, 5.41) is 22.9. The van der Waals surface area contributed by atoms with Gasteiger partial charge in [-0.25, -0.2) is 0 Å². The zero-order valence-electron chi connectivity index (χ0n) is 14.4. The van der Waals surface area contributed by atoms with Gasteiger partial charge in [-0.15, -0.1) is 0 Å². The van der Waals surface area contributed by atoms with Gasteiger partial charge in [-0.3, -0.25) is 14.4 Å². The number of hydrogen-bond acceptors (Lipinski definition) is 6. The lowest BCUT2D eigenvalue weighted by atomic mass is 9.81. The van der Waals surface area contributed by atoms with Crippen LogP contribution < -0.4 is 11.1 Å². The van der Waals surface area contributed by atoms with Crippen molar-refractivity contribution >= 4 is 28.8 Å². The van der Waals surface area contributed by atoms with E-state index in [4.69, 9.17) is 5.73 Å². The smallest absolute Gasteiger partial charge is 0.255 e. The predicted octanol–water partition coefficient (Wildman–Crippen LogP) is 2.71. The fraction of sp³-hybridized carbons (Fsp3) is 0. The van der Waals surface area contributed by atoms with Crippen molar-refractivity contribution in [2.75, 3.05) is 11.1 Å². The molecule has 0 fully saturated rings. The van der Waals surface area contributed by atoms with Crippen LogP contribution in [-0.2, 0) is 0 Å². The highest BCUT2D eigenvalue weighted by molar-refractivity contribution is 6.33. The number of hydrogen-bond donors (Lipinski definition) is 4. The molecule has 0 saturated carbocycles. The third-order valence-electron chi connectivity index (χ3n) is 4.59. The molecule has 7 nitrogen and oxygen atoms in total. The van der Waals surface area contributed by atoms with Crippen molar-refractivity contribution in [3.8, 4) is 11.5 Å². The molecule has 0 heterocycles. The lowest BCUT2D eigenvalue weighted by Crippen LogP contribution is -2.25. The zero-order valence-corrected chi connectivity index (χ0v) is 14.4. The van der Waals surface area contributed by atoms with E-state index in [0.717, 1.165) is 0 Å². The number of benzene rings is 3. The lowest BCUT2D eigenvalue weighted by Gasteiger charge is -2.23. The van der Waals surface area contributed by atoms with Gasteiger partial charge in [-0.05, 0) is 36.4 Å². The first-order valence-corrected chi connectivity index (χ1v) is 8.33. The Bertz CT molecular complexity index is 1170. The van der Waals surface area contributed by atoms with E-state index in [2.05, 4.69) is 5.32 Å². The average Bonchev–Trinajstić information content (AvgIpc) is 2.69. The van der Waals surface area contributed by atoms with E-state index in [1.807, 2.05) is 0 Å². The second kappa shape index (κ2) is 6.24. The summed E-state index contributed by atoms with van der Waals surface area (Å²) in [6, 6.07) is 13.4. The first-order chi connectivity index (χ1) is 13.4. The maximum Gasteiger partial charge on any atom is 0.255 e. The van der Waals surface area contributed by atoms with E-state index in [9.17, 15) is 24.6 Å². The lowest BCUT2D eigenvalue weighted by molar-refractivity contribution is 0.0974. The van der Waals surface area contributed by atoms with Crippen molar-refractivity contribution in [2.24, 2.45) is 0 Å². The third kappa shape index (κ3) is 2.49. The predicted molar refractivity (Wildman–Crippen MR) is 102 cm³/mol. The highest BCUT2D eigenvalue weighted by Gasteiger charge is 2.37. The number of phenols is 2. The van der Waals surface area contributed by atoms with Crippen LogP contribution in [0.2, 0.25) is 0 Å². The normalized spacial score (nSPS) is 12.3. The topological polar surface area (TPSA) is 130 Å². The number of rotatable bonds is 2. The Morgan fingerprint density at radius 3 is 2.00 bits per heavy atom. The van der Waals surface area contributed by atoms with Gasteiger partial charge in [-0.1, -0.05) is 18.2 Å². The standard InChI is InChI=1S/C21H14N2O5/c22-11-6-8-13(24)17-15(11)19(26)18-14(25)9-7-12(16(18)20(17)27)23-21(28)10-4-2-1-3-5-10/h1-9,24-25H,22H2,(H,23,28). The van der Waals surface area contributed by atoms with Crippen LogP contribution in [0.25, 0.3) is 0 Å². The third-order valence-corrected chi connectivity index (χ3v) is 4.59. The molecule has 3 aromatic rings. The fourth-order valence-electron chi connectivity index (χ4n) is 3.28. The summed E-state index contributed by atoms with van der Waals surface area (Å²) in [7, 11) is 0. The highest BCUT2D eigenvalue weighted by atomic mass is 16.3. The van der Waals surface area contributed by atoms with Gasteiger partial charge in [0.25, 0.3) is 5.91 Å². The van der Waals surface area contributed by atoms with Crippen LogP contribution in [0.3, 0.4) is 0 Å². The number of nitrogens with one attached hydrogen (secondary N) is 1. The van der Waals surface area contributed by atoms with Gasteiger partial charge in [0.1, 0.15) is 11.5 Å². The molecule has 3 aromatic carbocycles. The van der Waals surface area contributed by atoms with Crippen LogP contribution in [0.15, 0.2) is 54.6 Å². The second-order valence-corrected chi connectivity index (χ2v) is 6.28. The van der Waals surface area contributed by atoms with Crippen LogP contribution in [0.4, 0.5) is 11.4 Å². The summed E-state index contributed by atoms with van der Waals surface area (Å²) >= 11 is 0. The van der Waals surface area contributed by atoms with Crippen molar-refractivity contribution in [1.29, 1.82) is 0 Å². The molecule has 5 N–H and O–H groups in total. The summed E-state index contributed by atoms with van der Waals surface area (Å²) in [6.07, 6.45) is 0.